The molecule has 18 heavy (non-hydrogen) atoms. The van der Waals surface area contributed by atoms with Gasteiger partial charge in [-0.2, -0.15) is 0 Å². The van der Waals surface area contributed by atoms with Gasteiger partial charge in [0.15, 0.2) is 0 Å². The Balaban J connectivity index is 2.00. The smallest absolute Gasteiger partial charge is 0.320 e. The molecule has 1 fully saturated rings. The van der Waals surface area contributed by atoms with E-state index in [2.05, 4.69) is 6.08 Å². The van der Waals surface area contributed by atoms with Crippen LogP contribution in [0.25, 0.3) is 0 Å². The first-order valence-corrected chi connectivity index (χ1v) is 6.18. The topological polar surface area (TPSA) is 70.1 Å². The van der Waals surface area contributed by atoms with Gasteiger partial charge >= 0.3 is 12.0 Å². The number of carboxylic acids is 1. The molecule has 1 unspecified atom stereocenters. The molecule has 0 radical (unpaired) electrons. The lowest BCUT2D eigenvalue weighted by molar-refractivity contribution is -0.139. The van der Waals surface area contributed by atoms with Gasteiger partial charge in [-0.1, -0.05) is 12.2 Å². The fourth-order valence-corrected chi connectivity index (χ4v) is 2.27. The summed E-state index contributed by atoms with van der Waals surface area (Å²) >= 11 is 0. The Bertz CT molecular complexity index is 356. The van der Waals surface area contributed by atoms with Crippen LogP contribution in [0.15, 0.2) is 12.2 Å². The summed E-state index contributed by atoms with van der Waals surface area (Å²) in [5.74, 6) is -0.901. The summed E-state index contributed by atoms with van der Waals surface area (Å²) in [7, 11) is 0. The molecule has 1 atom stereocenters. The van der Waals surface area contributed by atoms with Crippen LogP contribution in [0, 0.1) is 0 Å². The van der Waals surface area contributed by atoms with Crippen molar-refractivity contribution in [1.29, 1.82) is 0 Å². The van der Waals surface area contributed by atoms with Crippen molar-refractivity contribution in [1.82, 2.24) is 9.80 Å². The van der Waals surface area contributed by atoms with Crippen molar-refractivity contribution in [2.24, 2.45) is 0 Å². The summed E-state index contributed by atoms with van der Waals surface area (Å²) in [6, 6.07) is -0.427. The standard InChI is InChI=1S/C12H18N2O4/c15-11(16)8-10-9-18-7-6-14(10)12(17)13-4-2-1-3-5-13/h1-2,10H,3-9H2,(H,15,16). The van der Waals surface area contributed by atoms with E-state index in [0.29, 0.717) is 32.8 Å². The summed E-state index contributed by atoms with van der Waals surface area (Å²) in [5, 5.41) is 8.86. The highest BCUT2D eigenvalue weighted by molar-refractivity contribution is 5.76. The maximum atomic E-state index is 12.3. The third-order valence-corrected chi connectivity index (χ3v) is 3.21. The zero-order chi connectivity index (χ0) is 13.0. The molecule has 0 aromatic rings. The van der Waals surface area contributed by atoms with Crippen LogP contribution in [0.2, 0.25) is 0 Å². The molecule has 1 saturated heterocycles. The number of carbonyl (C=O) groups excluding carboxylic acids is 1. The number of morpholine rings is 1. The number of hydrogen-bond donors (Lipinski definition) is 1. The van der Waals surface area contributed by atoms with Crippen LogP contribution in [-0.2, 0) is 9.53 Å². The van der Waals surface area contributed by atoms with Crippen molar-refractivity contribution < 1.29 is 19.4 Å². The maximum absolute atomic E-state index is 12.3. The molecule has 6 heteroatoms. The van der Waals surface area contributed by atoms with Gasteiger partial charge in [-0.25, -0.2) is 4.79 Å². The number of urea groups is 1. The monoisotopic (exact) mass is 254 g/mol. The Labute approximate surface area is 106 Å². The van der Waals surface area contributed by atoms with Crippen molar-refractivity contribution in [3.05, 3.63) is 12.2 Å². The highest BCUT2D eigenvalue weighted by atomic mass is 16.5. The highest BCUT2D eigenvalue weighted by Crippen LogP contribution is 2.15. The zero-order valence-corrected chi connectivity index (χ0v) is 10.2. The molecule has 2 heterocycles. The summed E-state index contributed by atoms with van der Waals surface area (Å²) in [4.78, 5) is 26.5. The van der Waals surface area contributed by atoms with E-state index < -0.39 is 5.97 Å². The van der Waals surface area contributed by atoms with E-state index in [9.17, 15) is 9.59 Å². The summed E-state index contributed by atoms with van der Waals surface area (Å²) in [5.41, 5.74) is 0. The minimum atomic E-state index is -0.901. The number of carboxylic acid groups (broad SMARTS) is 1. The first-order valence-electron chi connectivity index (χ1n) is 6.18. The fourth-order valence-electron chi connectivity index (χ4n) is 2.27. The van der Waals surface area contributed by atoms with Crippen LogP contribution in [0.4, 0.5) is 4.79 Å². The van der Waals surface area contributed by atoms with Gasteiger partial charge in [0.05, 0.1) is 25.7 Å². The molecule has 100 valence electrons. The van der Waals surface area contributed by atoms with E-state index >= 15 is 0 Å². The van der Waals surface area contributed by atoms with Crippen molar-refractivity contribution in [3.8, 4) is 0 Å². The molecule has 2 aliphatic rings. The molecule has 2 rings (SSSR count). The Kier molecular flexibility index (Phi) is 4.19. The van der Waals surface area contributed by atoms with E-state index in [0.717, 1.165) is 6.42 Å². The number of hydrogen-bond acceptors (Lipinski definition) is 3. The highest BCUT2D eigenvalue weighted by Gasteiger charge is 2.31. The van der Waals surface area contributed by atoms with Gasteiger partial charge in [-0.3, -0.25) is 4.79 Å². The fraction of sp³-hybridized carbons (Fsp3) is 0.667. The molecule has 2 amide bonds. The second-order valence-corrected chi connectivity index (χ2v) is 4.51. The van der Waals surface area contributed by atoms with Gasteiger partial charge in [0.25, 0.3) is 0 Å². The lowest BCUT2D eigenvalue weighted by atomic mass is 10.1. The predicted octanol–water partition coefficient (Wildman–Crippen LogP) is 0.544. The van der Waals surface area contributed by atoms with E-state index in [1.165, 1.54) is 0 Å². The van der Waals surface area contributed by atoms with Gasteiger partial charge < -0.3 is 19.6 Å². The lowest BCUT2D eigenvalue weighted by Crippen LogP contribution is -2.54. The van der Waals surface area contributed by atoms with E-state index in [-0.39, 0.29) is 18.5 Å². The van der Waals surface area contributed by atoms with Crippen molar-refractivity contribution in [2.75, 3.05) is 32.8 Å². The van der Waals surface area contributed by atoms with Crippen LogP contribution in [0.1, 0.15) is 12.8 Å². The Morgan fingerprint density at radius 2 is 2.17 bits per heavy atom. The number of aliphatic carboxylic acids is 1. The van der Waals surface area contributed by atoms with Crippen molar-refractivity contribution >= 4 is 12.0 Å². The van der Waals surface area contributed by atoms with Gasteiger partial charge in [0, 0.05) is 19.6 Å². The number of carbonyl (C=O) groups is 2. The Morgan fingerprint density at radius 1 is 1.33 bits per heavy atom. The molecule has 0 saturated carbocycles. The predicted molar refractivity (Wildman–Crippen MR) is 64.3 cm³/mol. The quantitative estimate of drug-likeness (QED) is 0.730. The van der Waals surface area contributed by atoms with Crippen molar-refractivity contribution in [2.45, 2.75) is 18.9 Å². The first kappa shape index (κ1) is 12.9. The molecule has 0 aromatic heterocycles. The number of amides is 2. The molecule has 0 aliphatic carbocycles. The second kappa shape index (κ2) is 5.86. The molecule has 2 aliphatic heterocycles. The van der Waals surface area contributed by atoms with Crippen LogP contribution in [-0.4, -0.2) is 65.8 Å². The summed E-state index contributed by atoms with van der Waals surface area (Å²) in [6.45, 7) is 2.56. The van der Waals surface area contributed by atoms with E-state index in [1.807, 2.05) is 6.08 Å². The van der Waals surface area contributed by atoms with Crippen LogP contribution < -0.4 is 0 Å². The Morgan fingerprint density at radius 3 is 2.83 bits per heavy atom. The molecule has 0 spiro atoms. The first-order chi connectivity index (χ1) is 8.68. The number of rotatable bonds is 2. The summed E-state index contributed by atoms with van der Waals surface area (Å²) in [6.07, 6.45) is 4.82. The van der Waals surface area contributed by atoms with Crippen LogP contribution >= 0.6 is 0 Å². The molecule has 0 aromatic carbocycles. The minimum Gasteiger partial charge on any atom is -0.481 e. The zero-order valence-electron chi connectivity index (χ0n) is 10.2. The average Bonchev–Trinajstić information content (AvgIpc) is 2.39. The molecular weight excluding hydrogens is 236 g/mol. The molecule has 0 bridgehead atoms. The Hall–Kier alpha value is -1.56. The molecular formula is C12H18N2O4. The number of nitrogens with zero attached hydrogens (tertiary/aromatic N) is 2. The second-order valence-electron chi connectivity index (χ2n) is 4.51. The average molecular weight is 254 g/mol. The normalized spacial score (nSPS) is 24.1. The lowest BCUT2D eigenvalue weighted by Gasteiger charge is -2.38. The SMILES string of the molecule is O=C(O)CC1COCCN1C(=O)N1CC=CCC1. The maximum Gasteiger partial charge on any atom is 0.320 e. The van der Waals surface area contributed by atoms with Crippen LogP contribution in [0.5, 0.6) is 0 Å². The van der Waals surface area contributed by atoms with Gasteiger partial charge in [0.1, 0.15) is 0 Å². The van der Waals surface area contributed by atoms with Gasteiger partial charge in [0.2, 0.25) is 0 Å². The largest absolute Gasteiger partial charge is 0.481 e. The van der Waals surface area contributed by atoms with E-state index in [4.69, 9.17) is 9.84 Å². The van der Waals surface area contributed by atoms with Gasteiger partial charge in [-0.05, 0) is 6.42 Å². The molecule has 1 N–H and O–H groups in total. The third-order valence-electron chi connectivity index (χ3n) is 3.21. The minimum absolute atomic E-state index is 0.0601. The van der Waals surface area contributed by atoms with Crippen molar-refractivity contribution in [3.63, 3.8) is 0 Å². The third kappa shape index (κ3) is 3.01. The molecule has 6 nitrogen and oxygen atoms in total. The van der Waals surface area contributed by atoms with Gasteiger partial charge in [-0.15, -0.1) is 0 Å². The number of ether oxygens (including phenoxy) is 1. The summed E-state index contributed by atoms with van der Waals surface area (Å²) < 4.78 is 5.26. The van der Waals surface area contributed by atoms with Crippen LogP contribution in [0.3, 0.4) is 0 Å². The van der Waals surface area contributed by atoms with E-state index in [1.54, 1.807) is 9.80 Å².